The summed E-state index contributed by atoms with van der Waals surface area (Å²) in [4.78, 5) is 11.9. The molecule has 0 aliphatic heterocycles. The van der Waals surface area contributed by atoms with E-state index < -0.39 is 9.05 Å². The minimum absolute atomic E-state index is 0.0652. The molecule has 0 radical (unpaired) electrons. The molecule has 1 fully saturated rings. The highest BCUT2D eigenvalue weighted by Gasteiger charge is 2.26. The first kappa shape index (κ1) is 14.3. The topological polar surface area (TPSA) is 63.2 Å². The van der Waals surface area contributed by atoms with Gasteiger partial charge in [0.25, 0.3) is 9.05 Å². The SMILES string of the molecule is CC(NC(=O)C1CCC1)c1ccc(S(=O)(=O)Cl)cc1. The molecule has 1 unspecified atom stereocenters. The van der Waals surface area contributed by atoms with Crippen molar-refractivity contribution in [3.05, 3.63) is 29.8 Å². The number of rotatable bonds is 4. The first-order valence-electron chi connectivity index (χ1n) is 6.23. The number of carbonyl (C=O) groups excluding carboxylic acids is 1. The second-order valence-corrected chi connectivity index (χ2v) is 7.43. The largest absolute Gasteiger partial charge is 0.349 e. The molecule has 6 heteroatoms. The fourth-order valence-electron chi connectivity index (χ4n) is 2.00. The predicted molar refractivity (Wildman–Crippen MR) is 73.4 cm³/mol. The molecule has 104 valence electrons. The Hall–Kier alpha value is -1.07. The van der Waals surface area contributed by atoms with E-state index in [9.17, 15) is 13.2 Å². The van der Waals surface area contributed by atoms with Gasteiger partial charge >= 0.3 is 0 Å². The van der Waals surface area contributed by atoms with Gasteiger partial charge in [0.05, 0.1) is 10.9 Å². The lowest BCUT2D eigenvalue weighted by atomic mass is 9.84. The van der Waals surface area contributed by atoms with Crippen LogP contribution in [-0.4, -0.2) is 14.3 Å². The molecule has 1 N–H and O–H groups in total. The highest BCUT2D eigenvalue weighted by molar-refractivity contribution is 8.13. The number of benzene rings is 1. The fraction of sp³-hybridized carbons (Fsp3) is 0.462. The van der Waals surface area contributed by atoms with E-state index in [0.29, 0.717) is 0 Å². The zero-order valence-electron chi connectivity index (χ0n) is 10.6. The van der Waals surface area contributed by atoms with Crippen LogP contribution < -0.4 is 5.32 Å². The summed E-state index contributed by atoms with van der Waals surface area (Å²) in [7, 11) is 1.55. The molecule has 4 nitrogen and oxygen atoms in total. The van der Waals surface area contributed by atoms with Crippen LogP contribution in [0, 0.1) is 5.92 Å². The van der Waals surface area contributed by atoms with Gasteiger partial charge < -0.3 is 5.32 Å². The van der Waals surface area contributed by atoms with Crippen LogP contribution in [0.25, 0.3) is 0 Å². The van der Waals surface area contributed by atoms with Gasteiger partial charge in [0.2, 0.25) is 5.91 Å². The van der Waals surface area contributed by atoms with E-state index in [0.717, 1.165) is 24.8 Å². The molecule has 0 aromatic heterocycles. The molecule has 0 bridgehead atoms. The molecule has 2 rings (SSSR count). The van der Waals surface area contributed by atoms with Crippen LogP contribution in [0.4, 0.5) is 0 Å². The first-order chi connectivity index (χ1) is 8.88. The van der Waals surface area contributed by atoms with Crippen molar-refractivity contribution < 1.29 is 13.2 Å². The Labute approximate surface area is 117 Å². The zero-order chi connectivity index (χ0) is 14.0. The molecule has 1 aliphatic rings. The fourth-order valence-corrected chi connectivity index (χ4v) is 2.77. The summed E-state index contributed by atoms with van der Waals surface area (Å²) in [5.41, 5.74) is 0.858. The second kappa shape index (κ2) is 5.51. The van der Waals surface area contributed by atoms with Crippen LogP contribution in [0.1, 0.15) is 37.8 Å². The molecular formula is C13H16ClNO3S. The lowest BCUT2D eigenvalue weighted by Gasteiger charge is -2.26. The zero-order valence-corrected chi connectivity index (χ0v) is 12.2. The van der Waals surface area contributed by atoms with E-state index >= 15 is 0 Å². The summed E-state index contributed by atoms with van der Waals surface area (Å²) < 4.78 is 22.2. The molecule has 1 amide bonds. The smallest absolute Gasteiger partial charge is 0.261 e. The summed E-state index contributed by atoms with van der Waals surface area (Å²) in [5.74, 6) is 0.220. The molecule has 19 heavy (non-hydrogen) atoms. The summed E-state index contributed by atoms with van der Waals surface area (Å²) in [6, 6.07) is 6.09. The van der Waals surface area contributed by atoms with Gasteiger partial charge in [-0.3, -0.25) is 4.79 Å². The van der Waals surface area contributed by atoms with Crippen LogP contribution in [0.15, 0.2) is 29.2 Å². The van der Waals surface area contributed by atoms with Crippen LogP contribution in [0.5, 0.6) is 0 Å². The monoisotopic (exact) mass is 301 g/mol. The summed E-state index contributed by atoms with van der Waals surface area (Å²) in [5, 5.41) is 2.93. The van der Waals surface area contributed by atoms with Crippen LogP contribution in [-0.2, 0) is 13.8 Å². The Morgan fingerprint density at radius 3 is 2.32 bits per heavy atom. The number of carbonyl (C=O) groups is 1. The van der Waals surface area contributed by atoms with Gasteiger partial charge in [-0.1, -0.05) is 18.6 Å². The Kier molecular flexibility index (Phi) is 4.16. The molecule has 1 aromatic carbocycles. The highest BCUT2D eigenvalue weighted by atomic mass is 35.7. The van der Waals surface area contributed by atoms with Crippen molar-refractivity contribution in [2.24, 2.45) is 5.92 Å². The quantitative estimate of drug-likeness (QED) is 0.869. The molecule has 0 saturated heterocycles. The maximum absolute atomic E-state index is 11.8. The Morgan fingerprint density at radius 1 is 1.32 bits per heavy atom. The first-order valence-corrected chi connectivity index (χ1v) is 8.54. The second-order valence-electron chi connectivity index (χ2n) is 4.86. The van der Waals surface area contributed by atoms with Gasteiger partial charge in [-0.15, -0.1) is 0 Å². The number of nitrogens with one attached hydrogen (secondary N) is 1. The average molecular weight is 302 g/mol. The van der Waals surface area contributed by atoms with Crippen molar-refractivity contribution in [3.63, 3.8) is 0 Å². The summed E-state index contributed by atoms with van der Waals surface area (Å²) in [6.07, 6.45) is 3.04. The van der Waals surface area contributed by atoms with Crippen molar-refractivity contribution in [2.75, 3.05) is 0 Å². The van der Waals surface area contributed by atoms with Gasteiger partial charge in [-0.2, -0.15) is 0 Å². The van der Waals surface area contributed by atoms with E-state index in [1.54, 1.807) is 12.1 Å². The predicted octanol–water partition coefficient (Wildman–Crippen LogP) is 2.59. The maximum Gasteiger partial charge on any atom is 0.261 e. The number of hydrogen-bond donors (Lipinski definition) is 1. The molecule has 1 aliphatic carbocycles. The van der Waals surface area contributed by atoms with Crippen molar-refractivity contribution >= 4 is 25.6 Å². The normalized spacial score (nSPS) is 17.6. The number of hydrogen-bond acceptors (Lipinski definition) is 3. The Balaban J connectivity index is 2.03. The van der Waals surface area contributed by atoms with E-state index in [-0.39, 0.29) is 22.8 Å². The van der Waals surface area contributed by atoms with Gasteiger partial charge in [-0.25, -0.2) is 8.42 Å². The van der Waals surface area contributed by atoms with Gasteiger partial charge in [-0.05, 0) is 37.5 Å². The third-order valence-electron chi connectivity index (χ3n) is 3.50. The third-order valence-corrected chi connectivity index (χ3v) is 4.87. The Morgan fingerprint density at radius 2 is 1.89 bits per heavy atom. The van der Waals surface area contributed by atoms with E-state index in [2.05, 4.69) is 5.32 Å². The molecule has 1 atom stereocenters. The lowest BCUT2D eigenvalue weighted by molar-refractivity contribution is -0.128. The molecule has 1 saturated carbocycles. The molecule has 0 spiro atoms. The number of halogens is 1. The van der Waals surface area contributed by atoms with Crippen molar-refractivity contribution in [1.29, 1.82) is 0 Å². The van der Waals surface area contributed by atoms with Crippen LogP contribution in [0.2, 0.25) is 0 Å². The van der Waals surface area contributed by atoms with Gasteiger partial charge in [0.1, 0.15) is 0 Å². The minimum atomic E-state index is -3.69. The van der Waals surface area contributed by atoms with Gasteiger partial charge in [0, 0.05) is 16.6 Å². The van der Waals surface area contributed by atoms with Crippen LogP contribution in [0.3, 0.4) is 0 Å². The summed E-state index contributed by atoms with van der Waals surface area (Å²) >= 11 is 0. The average Bonchev–Trinajstić information content (AvgIpc) is 2.25. The lowest BCUT2D eigenvalue weighted by Crippen LogP contribution is -2.35. The van der Waals surface area contributed by atoms with Crippen molar-refractivity contribution in [2.45, 2.75) is 37.1 Å². The van der Waals surface area contributed by atoms with E-state index in [1.165, 1.54) is 12.1 Å². The van der Waals surface area contributed by atoms with Crippen molar-refractivity contribution in [1.82, 2.24) is 5.32 Å². The number of amides is 1. The molecule has 0 heterocycles. The van der Waals surface area contributed by atoms with E-state index in [4.69, 9.17) is 10.7 Å². The van der Waals surface area contributed by atoms with Crippen LogP contribution >= 0.6 is 10.7 Å². The maximum atomic E-state index is 11.8. The van der Waals surface area contributed by atoms with E-state index in [1.807, 2.05) is 6.92 Å². The summed E-state index contributed by atoms with van der Waals surface area (Å²) in [6.45, 7) is 1.88. The highest BCUT2D eigenvalue weighted by Crippen LogP contribution is 2.27. The molecular weight excluding hydrogens is 286 g/mol. The van der Waals surface area contributed by atoms with Crippen molar-refractivity contribution in [3.8, 4) is 0 Å². The third kappa shape index (κ3) is 3.48. The Bertz CT molecular complexity index is 564. The minimum Gasteiger partial charge on any atom is -0.349 e. The molecule has 1 aromatic rings. The van der Waals surface area contributed by atoms with Gasteiger partial charge in [0.15, 0.2) is 0 Å². The standard InChI is InChI=1S/C13H16ClNO3S/c1-9(15-13(16)11-3-2-4-11)10-5-7-12(8-6-10)19(14,17)18/h5-9,11H,2-4H2,1H3,(H,15,16).